The van der Waals surface area contributed by atoms with Crippen LogP contribution >= 0.6 is 11.3 Å². The number of unbranched alkanes of at least 4 members (excludes halogenated alkanes) is 1. The Balaban J connectivity index is 1.74. The van der Waals surface area contributed by atoms with E-state index in [4.69, 9.17) is 9.47 Å². The van der Waals surface area contributed by atoms with E-state index in [9.17, 15) is 9.59 Å². The first-order chi connectivity index (χ1) is 16.1. The van der Waals surface area contributed by atoms with E-state index in [2.05, 4.69) is 11.9 Å². The molecule has 0 unspecified atom stereocenters. The summed E-state index contributed by atoms with van der Waals surface area (Å²) in [5.74, 6) is -0.0119. The molecule has 0 saturated carbocycles. The monoisotopic (exact) mass is 462 g/mol. The van der Waals surface area contributed by atoms with Gasteiger partial charge in [0.25, 0.3) is 5.91 Å². The predicted molar refractivity (Wildman–Crippen MR) is 131 cm³/mol. The first-order valence-electron chi connectivity index (χ1n) is 11.1. The van der Waals surface area contributed by atoms with Crippen LogP contribution in [-0.4, -0.2) is 29.7 Å². The normalized spacial score (nSPS) is 11.8. The van der Waals surface area contributed by atoms with Crippen LogP contribution in [0, 0.1) is 0 Å². The molecule has 0 aliphatic carbocycles. The Hall–Kier alpha value is -3.45. The van der Waals surface area contributed by atoms with Crippen molar-refractivity contribution in [3.8, 4) is 5.75 Å². The van der Waals surface area contributed by atoms with Gasteiger partial charge in [0.2, 0.25) is 0 Å². The van der Waals surface area contributed by atoms with Crippen LogP contribution in [0.4, 0.5) is 0 Å². The number of carbonyl (C=O) groups excluding carboxylic acids is 2. The second kappa shape index (κ2) is 10.4. The second-order valence-electron chi connectivity index (χ2n) is 7.55. The zero-order chi connectivity index (χ0) is 23.2. The van der Waals surface area contributed by atoms with Gasteiger partial charge >= 0.3 is 5.97 Å². The first-order valence-corrected chi connectivity index (χ1v) is 11.9. The molecule has 4 aromatic rings. The molecule has 6 nitrogen and oxygen atoms in total. The first kappa shape index (κ1) is 22.7. The van der Waals surface area contributed by atoms with Gasteiger partial charge in [0.05, 0.1) is 23.4 Å². The van der Waals surface area contributed by atoms with Crippen LogP contribution < -0.4 is 9.54 Å². The number of hydrogen-bond donors (Lipinski definition) is 0. The van der Waals surface area contributed by atoms with Crippen molar-refractivity contribution in [3.63, 3.8) is 0 Å². The van der Waals surface area contributed by atoms with Crippen LogP contribution in [0.25, 0.3) is 21.0 Å². The molecule has 3 aromatic carbocycles. The maximum atomic E-state index is 13.0. The van der Waals surface area contributed by atoms with Gasteiger partial charge in [-0.1, -0.05) is 55.0 Å². The minimum Gasteiger partial charge on any atom is -0.494 e. The predicted octanol–water partition coefficient (Wildman–Crippen LogP) is 5.34. The van der Waals surface area contributed by atoms with Gasteiger partial charge in [0.15, 0.2) is 4.80 Å². The highest BCUT2D eigenvalue weighted by molar-refractivity contribution is 7.17. The number of aromatic nitrogens is 1. The lowest BCUT2D eigenvalue weighted by Crippen LogP contribution is -2.23. The Morgan fingerprint density at radius 3 is 2.55 bits per heavy atom. The number of fused-ring (bicyclic) bond motifs is 3. The lowest BCUT2D eigenvalue weighted by atomic mass is 10.1. The Labute approximate surface area is 196 Å². The zero-order valence-electron chi connectivity index (χ0n) is 18.7. The average Bonchev–Trinajstić information content (AvgIpc) is 3.17. The van der Waals surface area contributed by atoms with Crippen LogP contribution in [0.2, 0.25) is 0 Å². The number of benzene rings is 3. The van der Waals surface area contributed by atoms with Crippen LogP contribution in [0.15, 0.2) is 65.7 Å². The van der Waals surface area contributed by atoms with E-state index in [1.807, 2.05) is 36.4 Å². The third-order valence-electron chi connectivity index (χ3n) is 5.23. The van der Waals surface area contributed by atoms with Crippen molar-refractivity contribution in [1.29, 1.82) is 0 Å². The summed E-state index contributed by atoms with van der Waals surface area (Å²) in [5, 5.41) is 2.14. The molecule has 0 spiro atoms. The van der Waals surface area contributed by atoms with Crippen LogP contribution in [0.5, 0.6) is 5.75 Å². The lowest BCUT2D eigenvalue weighted by molar-refractivity contribution is -0.143. The number of carbonyl (C=O) groups is 2. The highest BCUT2D eigenvalue weighted by Gasteiger charge is 2.15. The largest absolute Gasteiger partial charge is 0.494 e. The minimum absolute atomic E-state index is 0.0114. The molecule has 0 atom stereocenters. The molecule has 0 radical (unpaired) electrons. The SMILES string of the molecule is CCCCOc1ccc(C(=O)N=c2sc3c4ccccc4ccc3n2CC(=O)OCC)cc1. The van der Waals surface area contributed by atoms with E-state index < -0.39 is 0 Å². The summed E-state index contributed by atoms with van der Waals surface area (Å²) >= 11 is 1.40. The standard InChI is InChI=1S/C26H26N2O4S/c1-3-5-16-32-20-13-10-19(11-14-20)25(30)27-26-28(17-23(29)31-4-2)22-15-12-18-8-6-7-9-21(18)24(22)33-26/h6-15H,3-5,16-17H2,1-2H3. The fraction of sp³-hybridized carbons (Fsp3) is 0.269. The fourth-order valence-corrected chi connectivity index (χ4v) is 4.71. The Morgan fingerprint density at radius 2 is 1.79 bits per heavy atom. The molecule has 33 heavy (non-hydrogen) atoms. The highest BCUT2D eigenvalue weighted by atomic mass is 32.1. The second-order valence-corrected chi connectivity index (χ2v) is 8.53. The molecular weight excluding hydrogens is 436 g/mol. The van der Waals surface area contributed by atoms with E-state index in [-0.39, 0.29) is 18.4 Å². The summed E-state index contributed by atoms with van der Waals surface area (Å²) in [5.41, 5.74) is 1.31. The van der Waals surface area contributed by atoms with Gasteiger partial charge in [-0.3, -0.25) is 9.59 Å². The number of ether oxygens (including phenoxy) is 2. The number of rotatable bonds is 8. The fourth-order valence-electron chi connectivity index (χ4n) is 3.55. The van der Waals surface area contributed by atoms with E-state index in [1.54, 1.807) is 35.8 Å². The molecule has 170 valence electrons. The van der Waals surface area contributed by atoms with E-state index in [0.717, 1.165) is 39.6 Å². The number of nitrogens with zero attached hydrogens (tertiary/aromatic N) is 2. The van der Waals surface area contributed by atoms with Crippen molar-refractivity contribution in [2.24, 2.45) is 4.99 Å². The summed E-state index contributed by atoms with van der Waals surface area (Å²) in [6.45, 7) is 4.81. The summed E-state index contributed by atoms with van der Waals surface area (Å²) in [6.07, 6.45) is 2.04. The van der Waals surface area contributed by atoms with Crippen molar-refractivity contribution >= 4 is 44.2 Å². The maximum absolute atomic E-state index is 13.0. The smallest absolute Gasteiger partial charge is 0.326 e. The summed E-state index contributed by atoms with van der Waals surface area (Å²) in [4.78, 5) is 30.1. The summed E-state index contributed by atoms with van der Waals surface area (Å²) in [7, 11) is 0. The van der Waals surface area contributed by atoms with Gasteiger partial charge in [-0.25, -0.2) is 0 Å². The van der Waals surface area contributed by atoms with Crippen molar-refractivity contribution in [1.82, 2.24) is 4.57 Å². The van der Waals surface area contributed by atoms with Gasteiger partial charge in [-0.05, 0) is 49.1 Å². The molecule has 7 heteroatoms. The lowest BCUT2D eigenvalue weighted by Gasteiger charge is -2.06. The maximum Gasteiger partial charge on any atom is 0.326 e. The van der Waals surface area contributed by atoms with Gasteiger partial charge in [-0.2, -0.15) is 4.99 Å². The van der Waals surface area contributed by atoms with E-state index >= 15 is 0 Å². The third kappa shape index (κ3) is 5.14. The molecular formula is C26H26N2O4S. The summed E-state index contributed by atoms with van der Waals surface area (Å²) in [6, 6.07) is 19.0. The number of amides is 1. The Morgan fingerprint density at radius 1 is 1.00 bits per heavy atom. The van der Waals surface area contributed by atoms with E-state index in [1.165, 1.54) is 11.3 Å². The molecule has 1 amide bonds. The molecule has 0 aliphatic rings. The molecule has 4 rings (SSSR count). The Kier molecular flexibility index (Phi) is 7.19. The molecule has 1 aromatic heterocycles. The Bertz CT molecular complexity index is 1350. The van der Waals surface area contributed by atoms with Gasteiger partial charge in [0.1, 0.15) is 12.3 Å². The quantitative estimate of drug-likeness (QED) is 0.262. The van der Waals surface area contributed by atoms with Crippen molar-refractivity contribution in [2.45, 2.75) is 33.2 Å². The topological polar surface area (TPSA) is 69.9 Å². The summed E-state index contributed by atoms with van der Waals surface area (Å²) < 4.78 is 13.6. The average molecular weight is 463 g/mol. The highest BCUT2D eigenvalue weighted by Crippen LogP contribution is 2.27. The molecule has 1 heterocycles. The van der Waals surface area contributed by atoms with Crippen LogP contribution in [-0.2, 0) is 16.1 Å². The minimum atomic E-state index is -0.372. The van der Waals surface area contributed by atoms with Gasteiger partial charge in [0, 0.05) is 10.9 Å². The number of thiazole rings is 1. The van der Waals surface area contributed by atoms with Crippen LogP contribution in [0.3, 0.4) is 0 Å². The molecule has 0 N–H and O–H groups in total. The molecule has 0 saturated heterocycles. The van der Waals surface area contributed by atoms with Gasteiger partial charge in [-0.15, -0.1) is 0 Å². The number of esters is 1. The molecule has 0 bridgehead atoms. The number of hydrogen-bond acceptors (Lipinski definition) is 5. The van der Waals surface area contributed by atoms with Crippen molar-refractivity contribution in [2.75, 3.05) is 13.2 Å². The van der Waals surface area contributed by atoms with Gasteiger partial charge < -0.3 is 14.0 Å². The van der Waals surface area contributed by atoms with Crippen molar-refractivity contribution < 1.29 is 19.1 Å². The molecule has 0 aliphatic heterocycles. The molecule has 0 fully saturated rings. The van der Waals surface area contributed by atoms with E-state index in [0.29, 0.717) is 23.6 Å². The third-order valence-corrected chi connectivity index (χ3v) is 6.36. The van der Waals surface area contributed by atoms with Crippen molar-refractivity contribution in [3.05, 3.63) is 71.0 Å². The zero-order valence-corrected chi connectivity index (χ0v) is 19.6. The van der Waals surface area contributed by atoms with Crippen LogP contribution in [0.1, 0.15) is 37.0 Å².